The fourth-order valence-electron chi connectivity index (χ4n) is 1.48. The van der Waals surface area contributed by atoms with E-state index < -0.39 is 0 Å². The van der Waals surface area contributed by atoms with Crippen LogP contribution in [0.2, 0.25) is 0 Å². The molecule has 17 heavy (non-hydrogen) atoms. The first kappa shape index (κ1) is 15.5. The lowest BCUT2D eigenvalue weighted by Crippen LogP contribution is -1.95. The summed E-state index contributed by atoms with van der Waals surface area (Å²) in [5.74, 6) is 0.583. The third-order valence-corrected chi connectivity index (χ3v) is 2.43. The van der Waals surface area contributed by atoms with Gasteiger partial charge in [0.05, 0.1) is 0 Å². The molecule has 1 rings (SSSR count). The van der Waals surface area contributed by atoms with E-state index in [2.05, 4.69) is 50.0 Å². The number of benzene rings is 1. The Hall–Kier alpha value is -1.50. The van der Waals surface area contributed by atoms with E-state index in [9.17, 15) is 0 Å². The van der Waals surface area contributed by atoms with Crippen molar-refractivity contribution in [2.24, 2.45) is 0 Å². The van der Waals surface area contributed by atoms with Crippen LogP contribution in [0, 0.1) is 0 Å². The van der Waals surface area contributed by atoms with Crippen molar-refractivity contribution < 1.29 is 0 Å². The molecular weight excluding hydrogens is 206 g/mol. The van der Waals surface area contributed by atoms with Gasteiger partial charge in [0.2, 0.25) is 0 Å². The summed E-state index contributed by atoms with van der Waals surface area (Å²) in [6.07, 6.45) is 3.82. The van der Waals surface area contributed by atoms with Crippen LogP contribution in [0.25, 0.3) is 5.57 Å². The highest BCUT2D eigenvalue weighted by Gasteiger charge is 2.00. The number of nitrogens with one attached hydrogen (secondary N) is 1. The standard InChI is InChI=1S/C14H19N.C2H6/c1-5-12(10-15-4)14-8-6-13(7-9-14)11(2)3;1-2/h5-11,15H,1H2,2-4H3;1-2H3/b12-10+;. The Morgan fingerprint density at radius 2 is 1.71 bits per heavy atom. The lowest BCUT2D eigenvalue weighted by Gasteiger charge is -2.07. The van der Waals surface area contributed by atoms with E-state index in [-0.39, 0.29) is 0 Å². The third kappa shape index (κ3) is 4.90. The summed E-state index contributed by atoms with van der Waals surface area (Å²) < 4.78 is 0. The minimum Gasteiger partial charge on any atom is -0.393 e. The number of rotatable bonds is 4. The molecule has 1 nitrogen and oxygen atoms in total. The molecule has 0 spiro atoms. The molecule has 0 radical (unpaired) electrons. The van der Waals surface area contributed by atoms with Crippen molar-refractivity contribution in [1.29, 1.82) is 0 Å². The largest absolute Gasteiger partial charge is 0.393 e. The highest BCUT2D eigenvalue weighted by Crippen LogP contribution is 2.19. The van der Waals surface area contributed by atoms with E-state index in [1.54, 1.807) is 0 Å². The molecule has 0 fully saturated rings. The van der Waals surface area contributed by atoms with Gasteiger partial charge in [-0.1, -0.05) is 64.6 Å². The molecule has 1 N–H and O–H groups in total. The van der Waals surface area contributed by atoms with Gasteiger partial charge in [0.25, 0.3) is 0 Å². The first-order valence-electron chi connectivity index (χ1n) is 6.29. The second-order valence-electron chi connectivity index (χ2n) is 3.87. The fourth-order valence-corrected chi connectivity index (χ4v) is 1.48. The van der Waals surface area contributed by atoms with Crippen LogP contribution in [0.4, 0.5) is 0 Å². The maximum absolute atomic E-state index is 3.81. The van der Waals surface area contributed by atoms with Gasteiger partial charge in [-0.15, -0.1) is 0 Å². The van der Waals surface area contributed by atoms with E-state index in [0.29, 0.717) is 5.92 Å². The van der Waals surface area contributed by atoms with E-state index in [4.69, 9.17) is 0 Å². The molecule has 0 amide bonds. The summed E-state index contributed by atoms with van der Waals surface area (Å²) in [5.41, 5.74) is 3.68. The summed E-state index contributed by atoms with van der Waals surface area (Å²) in [5, 5.41) is 3.02. The normalized spacial score (nSPS) is 10.6. The van der Waals surface area contributed by atoms with Gasteiger partial charge >= 0.3 is 0 Å². The minimum absolute atomic E-state index is 0.583. The molecule has 0 atom stereocenters. The molecule has 0 saturated carbocycles. The molecule has 1 heteroatoms. The lowest BCUT2D eigenvalue weighted by molar-refractivity contribution is 0.866. The van der Waals surface area contributed by atoms with Gasteiger partial charge in [-0.25, -0.2) is 0 Å². The minimum atomic E-state index is 0.583. The molecule has 0 aliphatic heterocycles. The summed E-state index contributed by atoms with van der Waals surface area (Å²) in [6.45, 7) is 12.2. The van der Waals surface area contributed by atoms with Crippen LogP contribution >= 0.6 is 0 Å². The molecular formula is C16H25N. The van der Waals surface area contributed by atoms with Crippen LogP contribution in [-0.2, 0) is 0 Å². The Morgan fingerprint density at radius 1 is 1.18 bits per heavy atom. The highest BCUT2D eigenvalue weighted by molar-refractivity contribution is 5.73. The van der Waals surface area contributed by atoms with Gasteiger partial charge in [-0.2, -0.15) is 0 Å². The molecule has 1 aromatic carbocycles. The molecule has 0 saturated heterocycles. The van der Waals surface area contributed by atoms with Crippen molar-refractivity contribution in [3.63, 3.8) is 0 Å². The smallest absolute Gasteiger partial charge is 0.00410 e. The van der Waals surface area contributed by atoms with Crippen LogP contribution in [0.15, 0.2) is 43.1 Å². The zero-order chi connectivity index (χ0) is 13.3. The summed E-state index contributed by atoms with van der Waals surface area (Å²) in [4.78, 5) is 0. The van der Waals surface area contributed by atoms with Gasteiger partial charge in [0, 0.05) is 13.2 Å². The van der Waals surface area contributed by atoms with E-state index in [0.717, 1.165) is 5.57 Å². The fraction of sp³-hybridized carbons (Fsp3) is 0.375. The Labute approximate surface area is 106 Å². The molecule has 0 aliphatic carbocycles. The number of allylic oxidation sites excluding steroid dienone is 2. The van der Waals surface area contributed by atoms with Gasteiger partial charge in [-0.05, 0) is 22.6 Å². The van der Waals surface area contributed by atoms with Gasteiger partial charge < -0.3 is 5.32 Å². The molecule has 0 unspecified atom stereocenters. The number of hydrogen-bond acceptors (Lipinski definition) is 1. The molecule has 94 valence electrons. The Morgan fingerprint density at radius 3 is 2.06 bits per heavy atom. The van der Waals surface area contributed by atoms with Gasteiger partial charge in [-0.3, -0.25) is 0 Å². The van der Waals surface area contributed by atoms with Crippen LogP contribution in [-0.4, -0.2) is 7.05 Å². The maximum Gasteiger partial charge on any atom is 0.00410 e. The highest BCUT2D eigenvalue weighted by atomic mass is 14.8. The van der Waals surface area contributed by atoms with Crippen molar-refractivity contribution in [2.75, 3.05) is 7.05 Å². The van der Waals surface area contributed by atoms with Crippen molar-refractivity contribution in [2.45, 2.75) is 33.6 Å². The first-order chi connectivity index (χ1) is 8.19. The van der Waals surface area contributed by atoms with Crippen molar-refractivity contribution in [3.8, 4) is 0 Å². The average Bonchev–Trinajstić information content (AvgIpc) is 2.38. The maximum atomic E-state index is 3.81. The molecule has 0 aromatic heterocycles. The molecule has 0 bridgehead atoms. The molecule has 0 aliphatic rings. The monoisotopic (exact) mass is 231 g/mol. The molecule has 1 aromatic rings. The van der Waals surface area contributed by atoms with Gasteiger partial charge in [0.1, 0.15) is 0 Å². The summed E-state index contributed by atoms with van der Waals surface area (Å²) in [7, 11) is 1.89. The first-order valence-corrected chi connectivity index (χ1v) is 6.29. The van der Waals surface area contributed by atoms with Crippen molar-refractivity contribution >= 4 is 5.57 Å². The Balaban J connectivity index is 0.00000121. The van der Waals surface area contributed by atoms with Crippen LogP contribution in [0.5, 0.6) is 0 Å². The predicted octanol–water partition coefficient (Wildman–Crippen LogP) is 4.58. The summed E-state index contributed by atoms with van der Waals surface area (Å²) >= 11 is 0. The topological polar surface area (TPSA) is 12.0 Å². The Bertz CT molecular complexity index is 344. The van der Waals surface area contributed by atoms with Crippen molar-refractivity contribution in [3.05, 3.63) is 54.2 Å². The zero-order valence-corrected chi connectivity index (χ0v) is 11.7. The van der Waals surface area contributed by atoms with Crippen LogP contribution in [0.3, 0.4) is 0 Å². The second-order valence-corrected chi connectivity index (χ2v) is 3.87. The number of hydrogen-bond donors (Lipinski definition) is 1. The van der Waals surface area contributed by atoms with Crippen molar-refractivity contribution in [1.82, 2.24) is 5.32 Å². The van der Waals surface area contributed by atoms with Gasteiger partial charge in [0.15, 0.2) is 0 Å². The lowest BCUT2D eigenvalue weighted by atomic mass is 9.99. The quantitative estimate of drug-likeness (QED) is 0.748. The van der Waals surface area contributed by atoms with E-state index in [1.807, 2.05) is 33.2 Å². The van der Waals surface area contributed by atoms with Crippen LogP contribution < -0.4 is 5.32 Å². The Kier molecular flexibility index (Phi) is 7.87. The van der Waals surface area contributed by atoms with Crippen LogP contribution in [0.1, 0.15) is 44.7 Å². The van der Waals surface area contributed by atoms with E-state index >= 15 is 0 Å². The predicted molar refractivity (Wildman–Crippen MR) is 79.1 cm³/mol. The molecule has 0 heterocycles. The second kappa shape index (κ2) is 8.63. The zero-order valence-electron chi connectivity index (χ0n) is 11.7. The summed E-state index contributed by atoms with van der Waals surface area (Å²) in [6, 6.07) is 8.63. The van der Waals surface area contributed by atoms with E-state index in [1.165, 1.54) is 11.1 Å². The average molecular weight is 231 g/mol. The third-order valence-electron chi connectivity index (χ3n) is 2.43. The SMILES string of the molecule is C=C/C(=C\NC)c1ccc(C(C)C)cc1.CC.